The molecule has 1 aromatic carbocycles. The Morgan fingerprint density at radius 1 is 1.38 bits per heavy atom. The molecule has 0 heterocycles. The molecule has 1 rings (SSSR count). The lowest BCUT2D eigenvalue weighted by molar-refractivity contribution is 0.184. The molecule has 13 heavy (non-hydrogen) atoms. The fraction of sp³-hybridized carbons (Fsp3) is 0.400. The SMILES string of the molecule is COCc1ccc(Br)cc1CCN. The van der Waals surface area contributed by atoms with Crippen LogP contribution in [0, 0.1) is 0 Å². The number of benzene rings is 1. The van der Waals surface area contributed by atoms with E-state index in [2.05, 4.69) is 28.1 Å². The first kappa shape index (κ1) is 10.7. The lowest BCUT2D eigenvalue weighted by Crippen LogP contribution is -2.05. The summed E-state index contributed by atoms with van der Waals surface area (Å²) in [5.74, 6) is 0. The van der Waals surface area contributed by atoms with Crippen molar-refractivity contribution in [2.45, 2.75) is 13.0 Å². The van der Waals surface area contributed by atoms with Gasteiger partial charge in [0.25, 0.3) is 0 Å². The van der Waals surface area contributed by atoms with Crippen LogP contribution in [0.5, 0.6) is 0 Å². The van der Waals surface area contributed by atoms with Gasteiger partial charge in [0.05, 0.1) is 6.61 Å². The summed E-state index contributed by atoms with van der Waals surface area (Å²) in [6, 6.07) is 6.19. The van der Waals surface area contributed by atoms with E-state index in [1.54, 1.807) is 7.11 Å². The van der Waals surface area contributed by atoms with Crippen molar-refractivity contribution in [1.82, 2.24) is 0 Å². The van der Waals surface area contributed by atoms with Crippen molar-refractivity contribution in [3.8, 4) is 0 Å². The molecule has 0 atom stereocenters. The number of hydrogen-bond acceptors (Lipinski definition) is 2. The fourth-order valence-electron chi connectivity index (χ4n) is 1.28. The first-order chi connectivity index (χ1) is 6.27. The summed E-state index contributed by atoms with van der Waals surface area (Å²) >= 11 is 3.44. The molecule has 0 bridgehead atoms. The molecule has 0 saturated heterocycles. The van der Waals surface area contributed by atoms with Gasteiger partial charge in [-0.3, -0.25) is 0 Å². The van der Waals surface area contributed by atoms with E-state index in [0.717, 1.165) is 10.9 Å². The third kappa shape index (κ3) is 3.10. The van der Waals surface area contributed by atoms with Gasteiger partial charge in [-0.2, -0.15) is 0 Å². The summed E-state index contributed by atoms with van der Waals surface area (Å²) in [5.41, 5.74) is 8.00. The van der Waals surface area contributed by atoms with Crippen molar-refractivity contribution < 1.29 is 4.74 Å². The average molecular weight is 244 g/mol. The highest BCUT2D eigenvalue weighted by Gasteiger charge is 2.01. The summed E-state index contributed by atoms with van der Waals surface area (Å²) in [5, 5.41) is 0. The molecule has 0 aliphatic heterocycles. The van der Waals surface area contributed by atoms with Gasteiger partial charge in [0, 0.05) is 11.6 Å². The van der Waals surface area contributed by atoms with E-state index >= 15 is 0 Å². The third-order valence-electron chi connectivity index (χ3n) is 1.88. The number of hydrogen-bond donors (Lipinski definition) is 1. The van der Waals surface area contributed by atoms with E-state index in [-0.39, 0.29) is 0 Å². The number of nitrogens with two attached hydrogens (primary N) is 1. The lowest BCUT2D eigenvalue weighted by Gasteiger charge is -2.07. The zero-order valence-corrected chi connectivity index (χ0v) is 9.30. The first-order valence-corrected chi connectivity index (χ1v) is 5.03. The molecular weight excluding hydrogens is 230 g/mol. The largest absolute Gasteiger partial charge is 0.380 e. The lowest BCUT2D eigenvalue weighted by atomic mass is 10.1. The van der Waals surface area contributed by atoms with Crippen molar-refractivity contribution in [2.24, 2.45) is 5.73 Å². The minimum absolute atomic E-state index is 0.655. The number of ether oxygens (including phenoxy) is 1. The zero-order valence-electron chi connectivity index (χ0n) is 7.72. The molecule has 1 aromatic rings. The van der Waals surface area contributed by atoms with Crippen molar-refractivity contribution in [3.63, 3.8) is 0 Å². The maximum Gasteiger partial charge on any atom is 0.0715 e. The Kier molecular flexibility index (Phi) is 4.42. The van der Waals surface area contributed by atoms with Gasteiger partial charge < -0.3 is 10.5 Å². The second-order valence-corrected chi connectivity index (χ2v) is 3.80. The third-order valence-corrected chi connectivity index (χ3v) is 2.38. The van der Waals surface area contributed by atoms with Gasteiger partial charge in [0.2, 0.25) is 0 Å². The molecule has 3 heteroatoms. The van der Waals surface area contributed by atoms with E-state index in [4.69, 9.17) is 10.5 Å². The maximum atomic E-state index is 5.52. The van der Waals surface area contributed by atoms with E-state index < -0.39 is 0 Å². The van der Waals surface area contributed by atoms with Crippen molar-refractivity contribution in [2.75, 3.05) is 13.7 Å². The molecule has 0 fully saturated rings. The van der Waals surface area contributed by atoms with E-state index in [0.29, 0.717) is 13.2 Å². The fourth-order valence-corrected chi connectivity index (χ4v) is 1.69. The first-order valence-electron chi connectivity index (χ1n) is 4.24. The number of halogens is 1. The molecule has 0 saturated carbocycles. The van der Waals surface area contributed by atoms with Crippen LogP contribution >= 0.6 is 15.9 Å². The number of rotatable bonds is 4. The van der Waals surface area contributed by atoms with Gasteiger partial charge >= 0.3 is 0 Å². The standard InChI is InChI=1S/C10H14BrNO/c1-13-7-9-2-3-10(11)6-8(9)4-5-12/h2-3,6H,4-5,7,12H2,1H3. The van der Waals surface area contributed by atoms with Gasteiger partial charge in [-0.1, -0.05) is 22.0 Å². The van der Waals surface area contributed by atoms with Gasteiger partial charge in [-0.05, 0) is 36.2 Å². The van der Waals surface area contributed by atoms with E-state index in [1.807, 2.05) is 6.07 Å². The summed E-state index contributed by atoms with van der Waals surface area (Å²) in [6.07, 6.45) is 0.901. The monoisotopic (exact) mass is 243 g/mol. The van der Waals surface area contributed by atoms with Gasteiger partial charge in [0.1, 0.15) is 0 Å². The Balaban J connectivity index is 2.89. The Morgan fingerprint density at radius 3 is 2.77 bits per heavy atom. The minimum Gasteiger partial charge on any atom is -0.380 e. The highest BCUT2D eigenvalue weighted by Crippen LogP contribution is 2.17. The summed E-state index contributed by atoms with van der Waals surface area (Å²) in [4.78, 5) is 0. The number of methoxy groups -OCH3 is 1. The summed E-state index contributed by atoms with van der Waals surface area (Å²) < 4.78 is 6.19. The quantitative estimate of drug-likeness (QED) is 0.880. The predicted octanol–water partition coefficient (Wildman–Crippen LogP) is 2.10. The Labute approximate surface area is 87.2 Å². The average Bonchev–Trinajstić information content (AvgIpc) is 2.10. The van der Waals surface area contributed by atoms with Crippen LogP contribution in [-0.2, 0) is 17.8 Å². The van der Waals surface area contributed by atoms with Crippen LogP contribution in [0.15, 0.2) is 22.7 Å². The van der Waals surface area contributed by atoms with Crippen molar-refractivity contribution >= 4 is 15.9 Å². The summed E-state index contributed by atoms with van der Waals surface area (Å²) in [7, 11) is 1.70. The molecule has 72 valence electrons. The zero-order chi connectivity index (χ0) is 9.68. The molecule has 2 nitrogen and oxygen atoms in total. The predicted molar refractivity (Wildman–Crippen MR) is 57.6 cm³/mol. The molecule has 0 aromatic heterocycles. The molecular formula is C10H14BrNO. The van der Waals surface area contributed by atoms with Crippen LogP contribution in [-0.4, -0.2) is 13.7 Å². The highest BCUT2D eigenvalue weighted by atomic mass is 79.9. The van der Waals surface area contributed by atoms with Crippen LogP contribution in [0.4, 0.5) is 0 Å². The van der Waals surface area contributed by atoms with Gasteiger partial charge in [-0.15, -0.1) is 0 Å². The molecule has 2 N–H and O–H groups in total. The molecule has 0 spiro atoms. The van der Waals surface area contributed by atoms with Crippen molar-refractivity contribution in [1.29, 1.82) is 0 Å². The van der Waals surface area contributed by atoms with Crippen LogP contribution in [0.3, 0.4) is 0 Å². The molecule has 0 aliphatic rings. The smallest absolute Gasteiger partial charge is 0.0715 e. The van der Waals surface area contributed by atoms with Crippen LogP contribution in [0.1, 0.15) is 11.1 Å². The molecule has 0 amide bonds. The second-order valence-electron chi connectivity index (χ2n) is 2.88. The maximum absolute atomic E-state index is 5.52. The summed E-state index contributed by atoms with van der Waals surface area (Å²) in [6.45, 7) is 1.33. The Morgan fingerprint density at radius 2 is 2.15 bits per heavy atom. The second kappa shape index (κ2) is 5.37. The highest BCUT2D eigenvalue weighted by molar-refractivity contribution is 9.10. The topological polar surface area (TPSA) is 35.2 Å². The van der Waals surface area contributed by atoms with Crippen LogP contribution in [0.25, 0.3) is 0 Å². The molecule has 0 radical (unpaired) electrons. The van der Waals surface area contributed by atoms with Crippen molar-refractivity contribution in [3.05, 3.63) is 33.8 Å². The normalized spacial score (nSPS) is 10.4. The van der Waals surface area contributed by atoms with E-state index in [9.17, 15) is 0 Å². The molecule has 0 aliphatic carbocycles. The van der Waals surface area contributed by atoms with Crippen LogP contribution < -0.4 is 5.73 Å². The van der Waals surface area contributed by atoms with E-state index in [1.165, 1.54) is 11.1 Å². The van der Waals surface area contributed by atoms with Gasteiger partial charge in [0.15, 0.2) is 0 Å². The minimum atomic E-state index is 0.655. The Hall–Kier alpha value is -0.380. The van der Waals surface area contributed by atoms with Crippen LogP contribution in [0.2, 0.25) is 0 Å². The molecule has 0 unspecified atom stereocenters. The Bertz CT molecular complexity index is 276. The van der Waals surface area contributed by atoms with Gasteiger partial charge in [-0.25, -0.2) is 0 Å².